The summed E-state index contributed by atoms with van der Waals surface area (Å²) >= 11 is 0. The van der Waals surface area contributed by atoms with Gasteiger partial charge >= 0.3 is 17.9 Å². The van der Waals surface area contributed by atoms with E-state index in [0.29, 0.717) is 16.2 Å². The molecule has 5 heteroatoms. The molecule has 1 aliphatic rings. The largest absolute Gasteiger partial charge is 0.478 e. The number of carboxylic acids is 1. The Bertz CT molecular complexity index is 1020. The summed E-state index contributed by atoms with van der Waals surface area (Å²) < 4.78 is 4.72. The number of hydrogen-bond acceptors (Lipinski definition) is 4. The summed E-state index contributed by atoms with van der Waals surface area (Å²) in [4.78, 5) is 35.2. The lowest BCUT2D eigenvalue weighted by molar-refractivity contribution is 0.0444. The van der Waals surface area contributed by atoms with Gasteiger partial charge in [0.2, 0.25) is 0 Å². The molecule has 0 fully saturated rings. The van der Waals surface area contributed by atoms with Crippen molar-refractivity contribution in [2.45, 2.75) is 0 Å². The van der Waals surface area contributed by atoms with Gasteiger partial charge in [0.25, 0.3) is 0 Å². The molecule has 0 saturated heterocycles. The first-order valence-electron chi connectivity index (χ1n) is 6.56. The van der Waals surface area contributed by atoms with Gasteiger partial charge in [-0.15, -0.1) is 0 Å². The van der Waals surface area contributed by atoms with E-state index in [-0.39, 0.29) is 16.7 Å². The quantitative estimate of drug-likeness (QED) is 0.423. The lowest BCUT2D eigenvalue weighted by Crippen LogP contribution is -2.00. The van der Waals surface area contributed by atoms with Gasteiger partial charge in [0, 0.05) is 0 Å². The highest BCUT2D eigenvalue weighted by Crippen LogP contribution is 2.37. The molecule has 1 N–H and O–H groups in total. The van der Waals surface area contributed by atoms with Gasteiger partial charge in [0.15, 0.2) is 0 Å². The molecule has 0 radical (unpaired) electrons. The zero-order valence-corrected chi connectivity index (χ0v) is 11.1. The molecule has 1 heterocycles. The molecular weight excluding hydrogens is 284 g/mol. The number of benzene rings is 3. The number of carbonyl (C=O) groups is 3. The van der Waals surface area contributed by atoms with Crippen LogP contribution in [0, 0.1) is 0 Å². The molecule has 0 aromatic heterocycles. The number of carbonyl (C=O) groups excluding carboxylic acids is 2. The van der Waals surface area contributed by atoms with Crippen molar-refractivity contribution in [2.75, 3.05) is 0 Å². The maximum atomic E-state index is 12.0. The number of cyclic esters (lactones) is 2. The Labute approximate surface area is 123 Å². The maximum absolute atomic E-state index is 12.0. The summed E-state index contributed by atoms with van der Waals surface area (Å²) in [7, 11) is 0. The van der Waals surface area contributed by atoms with E-state index in [0.717, 1.165) is 5.39 Å². The predicted molar refractivity (Wildman–Crippen MR) is 78.2 cm³/mol. The Balaban J connectivity index is 2.29. The van der Waals surface area contributed by atoms with Gasteiger partial charge in [0.05, 0.1) is 16.7 Å². The van der Waals surface area contributed by atoms with E-state index >= 15 is 0 Å². The first kappa shape index (κ1) is 12.5. The minimum atomic E-state index is -1.10. The smallest absolute Gasteiger partial charge is 0.347 e. The average Bonchev–Trinajstić information content (AvgIpc) is 2.82. The van der Waals surface area contributed by atoms with E-state index in [1.165, 1.54) is 12.1 Å². The van der Waals surface area contributed by atoms with Crippen molar-refractivity contribution in [3.63, 3.8) is 0 Å². The Morgan fingerprint density at radius 1 is 0.818 bits per heavy atom. The van der Waals surface area contributed by atoms with Crippen molar-refractivity contribution in [3.8, 4) is 0 Å². The van der Waals surface area contributed by atoms with E-state index in [9.17, 15) is 14.4 Å². The third-order valence-electron chi connectivity index (χ3n) is 3.87. The van der Waals surface area contributed by atoms with E-state index in [1.54, 1.807) is 18.2 Å². The summed E-state index contributed by atoms with van der Waals surface area (Å²) in [5, 5.41) is 11.7. The first-order valence-corrected chi connectivity index (χ1v) is 6.56. The number of esters is 2. The van der Waals surface area contributed by atoms with Crippen molar-refractivity contribution in [1.29, 1.82) is 0 Å². The van der Waals surface area contributed by atoms with Crippen molar-refractivity contribution < 1.29 is 24.2 Å². The standard InChI is InChI=1S/C17H8O5/c18-15(19)8-5-6-10-9-3-1-2-4-11(9)13-14(12(10)7-8)17(21)22-16(13)20/h1-7H,(H,18,19). The highest BCUT2D eigenvalue weighted by molar-refractivity contribution is 6.30. The fourth-order valence-corrected chi connectivity index (χ4v) is 2.93. The first-order chi connectivity index (χ1) is 10.6. The number of ether oxygens (including phenoxy) is 1. The number of aromatic carboxylic acids is 1. The lowest BCUT2D eigenvalue weighted by atomic mass is 9.92. The van der Waals surface area contributed by atoms with E-state index in [4.69, 9.17) is 9.84 Å². The number of fused-ring (bicyclic) bond motifs is 6. The lowest BCUT2D eigenvalue weighted by Gasteiger charge is -2.08. The molecule has 0 unspecified atom stereocenters. The molecule has 0 bridgehead atoms. The molecule has 0 aliphatic carbocycles. The molecule has 0 spiro atoms. The Morgan fingerprint density at radius 3 is 2.09 bits per heavy atom. The van der Waals surface area contributed by atoms with Gasteiger partial charge in [-0.2, -0.15) is 0 Å². The third-order valence-corrected chi connectivity index (χ3v) is 3.87. The van der Waals surface area contributed by atoms with E-state index in [2.05, 4.69) is 0 Å². The molecule has 22 heavy (non-hydrogen) atoms. The van der Waals surface area contributed by atoms with Gasteiger partial charge < -0.3 is 9.84 Å². The van der Waals surface area contributed by atoms with Gasteiger partial charge in [-0.1, -0.05) is 30.3 Å². The zero-order valence-electron chi connectivity index (χ0n) is 11.1. The van der Waals surface area contributed by atoms with Crippen LogP contribution in [0.15, 0.2) is 42.5 Å². The fourth-order valence-electron chi connectivity index (χ4n) is 2.93. The van der Waals surface area contributed by atoms with Gasteiger partial charge in [-0.3, -0.25) is 0 Å². The molecule has 3 aromatic carbocycles. The SMILES string of the molecule is O=C(O)c1ccc2c(c1)c1c(c3ccccc32)C(=O)OC1=O. The fraction of sp³-hybridized carbons (Fsp3) is 0. The third kappa shape index (κ3) is 1.50. The normalized spacial score (nSPS) is 13.5. The number of carboxylic acid groups (broad SMARTS) is 1. The van der Waals surface area contributed by atoms with Crippen LogP contribution in [0.1, 0.15) is 31.1 Å². The van der Waals surface area contributed by atoms with Gasteiger partial charge in [-0.05, 0) is 33.7 Å². The molecule has 0 saturated carbocycles. The van der Waals surface area contributed by atoms with Crippen LogP contribution in [0.4, 0.5) is 0 Å². The van der Waals surface area contributed by atoms with E-state index in [1.807, 2.05) is 12.1 Å². The highest BCUT2D eigenvalue weighted by Gasteiger charge is 2.34. The molecule has 4 rings (SSSR count). The Hall–Kier alpha value is -3.21. The van der Waals surface area contributed by atoms with Crippen LogP contribution in [0.3, 0.4) is 0 Å². The van der Waals surface area contributed by atoms with Crippen LogP contribution in [-0.4, -0.2) is 23.0 Å². The van der Waals surface area contributed by atoms with Crippen molar-refractivity contribution in [1.82, 2.24) is 0 Å². The Morgan fingerprint density at radius 2 is 1.41 bits per heavy atom. The van der Waals surface area contributed by atoms with Crippen LogP contribution in [-0.2, 0) is 4.74 Å². The average molecular weight is 292 g/mol. The highest BCUT2D eigenvalue weighted by atomic mass is 16.6. The topological polar surface area (TPSA) is 80.7 Å². The number of hydrogen-bond donors (Lipinski definition) is 1. The van der Waals surface area contributed by atoms with Crippen molar-refractivity contribution >= 4 is 39.5 Å². The monoisotopic (exact) mass is 292 g/mol. The summed E-state index contributed by atoms with van der Waals surface area (Å²) in [6.45, 7) is 0. The van der Waals surface area contributed by atoms with E-state index < -0.39 is 17.9 Å². The van der Waals surface area contributed by atoms with Crippen LogP contribution in [0.2, 0.25) is 0 Å². The van der Waals surface area contributed by atoms with Gasteiger partial charge in [-0.25, -0.2) is 14.4 Å². The molecule has 1 aliphatic heterocycles. The molecule has 106 valence electrons. The molecule has 0 amide bonds. The minimum absolute atomic E-state index is 0.0529. The summed E-state index contributed by atoms with van der Waals surface area (Å²) in [5.74, 6) is -2.53. The maximum Gasteiger partial charge on any atom is 0.347 e. The Kier molecular flexibility index (Phi) is 2.36. The molecule has 0 atom stereocenters. The summed E-state index contributed by atoms with van der Waals surface area (Å²) in [6, 6.07) is 11.7. The molecular formula is C17H8O5. The second-order valence-corrected chi connectivity index (χ2v) is 5.04. The van der Waals surface area contributed by atoms with Crippen LogP contribution in [0.25, 0.3) is 21.5 Å². The summed E-state index contributed by atoms with van der Waals surface area (Å²) in [6.07, 6.45) is 0. The number of rotatable bonds is 1. The van der Waals surface area contributed by atoms with Crippen molar-refractivity contribution in [3.05, 3.63) is 59.2 Å². The molecule has 3 aromatic rings. The second-order valence-electron chi connectivity index (χ2n) is 5.04. The van der Waals surface area contributed by atoms with Crippen molar-refractivity contribution in [2.24, 2.45) is 0 Å². The molecule has 5 nitrogen and oxygen atoms in total. The van der Waals surface area contributed by atoms with Crippen LogP contribution in [0.5, 0.6) is 0 Å². The predicted octanol–water partition coefficient (Wildman–Crippen LogP) is 3.00. The van der Waals surface area contributed by atoms with Gasteiger partial charge in [0.1, 0.15) is 0 Å². The second kappa shape index (κ2) is 4.14. The van der Waals surface area contributed by atoms with Crippen LogP contribution < -0.4 is 0 Å². The zero-order chi connectivity index (χ0) is 15.4. The minimum Gasteiger partial charge on any atom is -0.478 e. The van der Waals surface area contributed by atoms with Crippen LogP contribution >= 0.6 is 0 Å². The summed E-state index contributed by atoms with van der Waals surface area (Å²) in [5.41, 5.74) is 0.398.